The lowest BCUT2D eigenvalue weighted by molar-refractivity contribution is 0.318. The van der Waals surface area contributed by atoms with Crippen LogP contribution in [0.15, 0.2) is 30.3 Å². The Labute approximate surface area is 67.4 Å². The molecule has 0 fully saturated rings. The van der Waals surface area contributed by atoms with Gasteiger partial charge in [0.15, 0.2) is 0 Å². The van der Waals surface area contributed by atoms with Crippen LogP contribution in [0.3, 0.4) is 0 Å². The topological polar surface area (TPSA) is 9.23 Å². The highest BCUT2D eigenvalue weighted by Gasteiger charge is 1.98. The van der Waals surface area contributed by atoms with Gasteiger partial charge in [-0.3, -0.25) is 0 Å². The summed E-state index contributed by atoms with van der Waals surface area (Å²) in [6.45, 7) is 0. The van der Waals surface area contributed by atoms with E-state index in [2.05, 4.69) is 24.3 Å². The van der Waals surface area contributed by atoms with Crippen molar-refractivity contribution >= 4 is 20.7 Å². The van der Waals surface area contributed by atoms with E-state index >= 15 is 0 Å². The highest BCUT2D eigenvalue weighted by Crippen LogP contribution is 2.10. The molecule has 0 radical (unpaired) electrons. The Kier molecular flexibility index (Phi) is 2.86. The van der Waals surface area contributed by atoms with Crippen LogP contribution >= 0.6 is 0 Å². The van der Waals surface area contributed by atoms with Crippen LogP contribution < -0.4 is 0 Å². The predicted octanol–water partition coefficient (Wildman–Crippen LogP) is -0.652. The summed E-state index contributed by atoms with van der Waals surface area (Å²) >= 11 is 0. The van der Waals surface area contributed by atoms with Crippen molar-refractivity contribution in [2.75, 3.05) is 0 Å². The minimum Gasteiger partial charge on any atom is -0.425 e. The van der Waals surface area contributed by atoms with Crippen molar-refractivity contribution < 1.29 is 4.43 Å². The first kappa shape index (κ1) is 7.72. The Balaban J connectivity index is 2.75. The molecule has 0 saturated carbocycles. The van der Waals surface area contributed by atoms with Crippen molar-refractivity contribution in [1.82, 2.24) is 0 Å². The van der Waals surface area contributed by atoms with E-state index in [1.54, 1.807) is 0 Å². The molecule has 54 valence electrons. The highest BCUT2D eigenvalue weighted by atomic mass is 28.2. The normalized spacial score (nSPS) is 13.6. The molecule has 1 aromatic carbocycles. The van der Waals surface area contributed by atoms with Crippen LogP contribution in [0.1, 0.15) is 11.3 Å². The highest BCUT2D eigenvalue weighted by molar-refractivity contribution is 6.13. The van der Waals surface area contributed by atoms with Crippen molar-refractivity contribution in [3.8, 4) is 0 Å². The first-order chi connectivity index (χ1) is 4.84. The molecule has 0 aliphatic heterocycles. The fourth-order valence-electron chi connectivity index (χ4n) is 0.860. The molecule has 0 saturated heterocycles. The summed E-state index contributed by atoms with van der Waals surface area (Å²) in [4.78, 5) is 0. The number of hydrogen-bond donors (Lipinski definition) is 0. The van der Waals surface area contributed by atoms with Gasteiger partial charge in [0.1, 0.15) is 10.5 Å². The van der Waals surface area contributed by atoms with E-state index in [0.29, 0.717) is 5.73 Å². The molecule has 0 N–H and O–H groups in total. The molecule has 1 rings (SSSR count). The van der Waals surface area contributed by atoms with Crippen LogP contribution in [-0.4, -0.2) is 20.7 Å². The van der Waals surface area contributed by atoms with Gasteiger partial charge >= 0.3 is 0 Å². The summed E-state index contributed by atoms with van der Waals surface area (Å²) in [6.07, 6.45) is 0. The minimum atomic E-state index is 0.410. The van der Waals surface area contributed by atoms with Crippen molar-refractivity contribution in [2.45, 2.75) is 5.73 Å². The van der Waals surface area contributed by atoms with Gasteiger partial charge in [-0.2, -0.15) is 0 Å². The van der Waals surface area contributed by atoms with Gasteiger partial charge in [0, 0.05) is 16.0 Å². The zero-order valence-corrected chi connectivity index (χ0v) is 10.4. The van der Waals surface area contributed by atoms with Crippen molar-refractivity contribution in [1.29, 1.82) is 0 Å². The first-order valence-electron chi connectivity index (χ1n) is 3.42. The zero-order chi connectivity index (χ0) is 7.40. The van der Waals surface area contributed by atoms with Gasteiger partial charge in [-0.1, -0.05) is 30.3 Å². The van der Waals surface area contributed by atoms with Crippen LogP contribution in [0.25, 0.3) is 0 Å². The smallest absolute Gasteiger partial charge is 0.146 e. The van der Waals surface area contributed by atoms with Gasteiger partial charge in [0.2, 0.25) is 0 Å². The molecule has 1 unspecified atom stereocenters. The quantitative estimate of drug-likeness (QED) is 0.533. The van der Waals surface area contributed by atoms with E-state index in [9.17, 15) is 0 Å². The van der Waals surface area contributed by atoms with E-state index in [1.165, 1.54) is 5.56 Å². The fourth-order valence-corrected chi connectivity index (χ4v) is 1.52. The van der Waals surface area contributed by atoms with Gasteiger partial charge in [-0.25, -0.2) is 0 Å². The van der Waals surface area contributed by atoms with Crippen LogP contribution in [0.4, 0.5) is 0 Å². The van der Waals surface area contributed by atoms with Gasteiger partial charge in [-0.15, -0.1) is 0 Å². The molecular weight excluding hydrogens is 156 g/mol. The van der Waals surface area contributed by atoms with Crippen molar-refractivity contribution in [2.24, 2.45) is 0 Å². The second kappa shape index (κ2) is 3.70. The number of hydrogen-bond acceptors (Lipinski definition) is 1. The summed E-state index contributed by atoms with van der Waals surface area (Å²) in [5.41, 5.74) is 1.73. The Bertz CT molecular complexity index is 188. The lowest BCUT2D eigenvalue weighted by Gasteiger charge is -2.08. The molecule has 0 aliphatic carbocycles. The maximum Gasteiger partial charge on any atom is 0.146 e. The van der Waals surface area contributed by atoms with Gasteiger partial charge in [-0.05, 0) is 5.56 Å². The van der Waals surface area contributed by atoms with E-state index in [1.807, 2.05) is 6.07 Å². The molecule has 0 spiro atoms. The van der Waals surface area contributed by atoms with Crippen LogP contribution in [0.5, 0.6) is 0 Å². The van der Waals surface area contributed by atoms with E-state index in [4.69, 9.17) is 4.43 Å². The lowest BCUT2D eigenvalue weighted by atomic mass is 10.2. The SMILES string of the molecule is [SiH3]OC([SiH3])c1ccccc1. The molecule has 0 amide bonds. The Morgan fingerprint density at radius 3 is 2.30 bits per heavy atom. The Morgan fingerprint density at radius 2 is 1.80 bits per heavy atom. The summed E-state index contributed by atoms with van der Waals surface area (Å²) in [5, 5.41) is 0. The molecule has 3 heteroatoms. The molecule has 0 heterocycles. The van der Waals surface area contributed by atoms with Crippen LogP contribution in [0.2, 0.25) is 0 Å². The maximum absolute atomic E-state index is 5.34. The monoisotopic (exact) mass is 168 g/mol. The van der Waals surface area contributed by atoms with Crippen molar-refractivity contribution in [3.05, 3.63) is 35.9 Å². The van der Waals surface area contributed by atoms with Crippen LogP contribution in [0, 0.1) is 0 Å². The summed E-state index contributed by atoms with van der Waals surface area (Å²) in [6, 6.07) is 10.4. The molecule has 1 nitrogen and oxygen atoms in total. The molecule has 0 aliphatic rings. The fraction of sp³-hybridized carbons (Fsp3) is 0.143. The summed E-state index contributed by atoms with van der Waals surface area (Å²) < 4.78 is 5.34. The number of benzene rings is 1. The Morgan fingerprint density at radius 1 is 1.20 bits per heavy atom. The second-order valence-electron chi connectivity index (χ2n) is 2.29. The van der Waals surface area contributed by atoms with E-state index in [0.717, 1.165) is 20.7 Å². The maximum atomic E-state index is 5.34. The average molecular weight is 168 g/mol. The molecule has 0 bridgehead atoms. The van der Waals surface area contributed by atoms with E-state index in [-0.39, 0.29) is 0 Å². The predicted molar refractivity (Wildman–Crippen MR) is 50.1 cm³/mol. The third-order valence-corrected chi connectivity index (χ3v) is 4.41. The third kappa shape index (κ3) is 1.80. The first-order valence-corrected chi connectivity index (χ1v) is 5.39. The summed E-state index contributed by atoms with van der Waals surface area (Å²) in [7, 11) is 1.93. The van der Waals surface area contributed by atoms with Gasteiger partial charge in [0.05, 0.1) is 0 Å². The molecule has 10 heavy (non-hydrogen) atoms. The standard InChI is InChI=1S/C7H12OSi2/c9-7(8-10)6-4-2-1-3-5-6/h1-5,7H,9-10H3. The second-order valence-corrected chi connectivity index (χ2v) is 3.81. The largest absolute Gasteiger partial charge is 0.425 e. The zero-order valence-electron chi connectivity index (χ0n) is 6.37. The molecular formula is C7H12OSi2. The number of rotatable bonds is 2. The molecule has 1 atom stereocenters. The average Bonchev–Trinajstić information content (AvgIpc) is 2.05. The third-order valence-electron chi connectivity index (χ3n) is 1.62. The van der Waals surface area contributed by atoms with Gasteiger partial charge in [0.25, 0.3) is 0 Å². The van der Waals surface area contributed by atoms with Crippen molar-refractivity contribution in [3.63, 3.8) is 0 Å². The van der Waals surface area contributed by atoms with E-state index < -0.39 is 0 Å². The van der Waals surface area contributed by atoms with Gasteiger partial charge < -0.3 is 4.43 Å². The Hall–Kier alpha value is -0.386. The summed E-state index contributed by atoms with van der Waals surface area (Å²) in [5.74, 6) is 0. The minimum absolute atomic E-state index is 0.410. The van der Waals surface area contributed by atoms with Crippen LogP contribution in [-0.2, 0) is 4.43 Å². The molecule has 1 aromatic rings. The lowest BCUT2D eigenvalue weighted by Crippen LogP contribution is -2.00. The molecule has 0 aromatic heterocycles.